The molecule has 0 heterocycles. The van der Waals surface area contributed by atoms with Crippen molar-refractivity contribution in [3.05, 3.63) is 181 Å². The molecule has 0 fully saturated rings. The van der Waals surface area contributed by atoms with Crippen molar-refractivity contribution in [1.82, 2.24) is 0 Å². The Morgan fingerprint density at radius 3 is 1.47 bits per heavy atom. The highest BCUT2D eigenvalue weighted by atomic mass is 14.4. The lowest BCUT2D eigenvalue weighted by atomic mass is 9.80. The average molecular weight is 623 g/mol. The summed E-state index contributed by atoms with van der Waals surface area (Å²) in [5, 5.41) is 10.3. The summed E-state index contributed by atoms with van der Waals surface area (Å²) in [6.07, 6.45) is 0. The van der Waals surface area contributed by atoms with E-state index in [0.717, 1.165) is 0 Å². The largest absolute Gasteiger partial charge is 0.0616 e. The van der Waals surface area contributed by atoms with Gasteiger partial charge in [-0.3, -0.25) is 0 Å². The molecule has 0 aliphatic heterocycles. The second-order valence-electron chi connectivity index (χ2n) is 14.1. The Labute approximate surface area is 286 Å². The molecular weight excluding hydrogens is 589 g/mol. The molecule has 0 N–H and O–H groups in total. The van der Waals surface area contributed by atoms with Crippen LogP contribution in [0.25, 0.3) is 87.6 Å². The Morgan fingerprint density at radius 1 is 0.306 bits per heavy atom. The molecule has 9 aromatic carbocycles. The molecule has 0 nitrogen and oxygen atoms in total. The number of fused-ring (bicyclic) bond motifs is 7. The van der Waals surface area contributed by atoms with E-state index in [1.807, 2.05) is 0 Å². The van der Waals surface area contributed by atoms with Crippen LogP contribution in [0.4, 0.5) is 0 Å². The second-order valence-corrected chi connectivity index (χ2v) is 14.1. The van der Waals surface area contributed by atoms with Gasteiger partial charge in [-0.05, 0) is 117 Å². The third kappa shape index (κ3) is 4.17. The maximum atomic E-state index is 2.43. The van der Waals surface area contributed by atoms with Crippen LogP contribution in [-0.4, -0.2) is 0 Å². The Kier molecular flexibility index (Phi) is 6.02. The van der Waals surface area contributed by atoms with Crippen molar-refractivity contribution in [3.63, 3.8) is 0 Å². The van der Waals surface area contributed by atoms with Gasteiger partial charge < -0.3 is 0 Å². The van der Waals surface area contributed by atoms with E-state index >= 15 is 0 Å². The van der Waals surface area contributed by atoms with Gasteiger partial charge in [-0.1, -0.05) is 166 Å². The van der Waals surface area contributed by atoms with E-state index in [9.17, 15) is 0 Å². The zero-order valence-electron chi connectivity index (χ0n) is 27.7. The van der Waals surface area contributed by atoms with Gasteiger partial charge in [-0.15, -0.1) is 0 Å². The van der Waals surface area contributed by atoms with E-state index in [-0.39, 0.29) is 5.41 Å². The molecule has 9 aromatic rings. The Bertz CT molecular complexity index is 2720. The Balaban J connectivity index is 1.21. The topological polar surface area (TPSA) is 0 Å². The highest BCUT2D eigenvalue weighted by Crippen LogP contribution is 2.55. The quantitative estimate of drug-likeness (QED) is 0.172. The fourth-order valence-electron chi connectivity index (χ4n) is 8.61. The molecule has 1 aliphatic rings. The van der Waals surface area contributed by atoms with E-state index in [1.54, 1.807) is 0 Å². The first-order valence-electron chi connectivity index (χ1n) is 17.3. The molecule has 0 spiro atoms. The van der Waals surface area contributed by atoms with Crippen LogP contribution in [0, 0.1) is 0 Å². The van der Waals surface area contributed by atoms with E-state index in [2.05, 4.69) is 184 Å². The molecule has 0 aromatic heterocycles. The molecule has 49 heavy (non-hydrogen) atoms. The Hall–Kier alpha value is -5.98. The predicted molar refractivity (Wildman–Crippen MR) is 210 cm³/mol. The number of hydrogen-bond acceptors (Lipinski definition) is 0. The SMILES string of the molecule is CC1(C)c2cc3ccccc3cc2-c2c(-c3c4ccccc4c(-c4ccc(-c5ccc6ccccc6c5)cc4)c4ccccc34)cccc21. The minimum atomic E-state index is -0.0942. The van der Waals surface area contributed by atoms with Crippen molar-refractivity contribution >= 4 is 43.1 Å². The monoisotopic (exact) mass is 622 g/mol. The van der Waals surface area contributed by atoms with Gasteiger partial charge >= 0.3 is 0 Å². The third-order valence-electron chi connectivity index (χ3n) is 11.0. The molecule has 0 saturated heterocycles. The van der Waals surface area contributed by atoms with Crippen molar-refractivity contribution in [1.29, 1.82) is 0 Å². The van der Waals surface area contributed by atoms with Crippen LogP contribution in [0.1, 0.15) is 25.0 Å². The highest BCUT2D eigenvalue weighted by molar-refractivity contribution is 6.23. The lowest BCUT2D eigenvalue weighted by molar-refractivity contribution is 0.661. The van der Waals surface area contributed by atoms with Gasteiger partial charge in [0.15, 0.2) is 0 Å². The molecule has 0 amide bonds. The minimum absolute atomic E-state index is 0.0942. The van der Waals surface area contributed by atoms with E-state index in [1.165, 1.54) is 98.7 Å². The zero-order chi connectivity index (χ0) is 32.7. The first-order chi connectivity index (χ1) is 24.1. The van der Waals surface area contributed by atoms with Crippen molar-refractivity contribution in [3.8, 4) is 44.5 Å². The molecular formula is C49H34. The summed E-state index contributed by atoms with van der Waals surface area (Å²) in [4.78, 5) is 0. The van der Waals surface area contributed by atoms with Crippen LogP contribution >= 0.6 is 0 Å². The summed E-state index contributed by atoms with van der Waals surface area (Å²) in [5.41, 5.74) is 13.1. The summed E-state index contributed by atoms with van der Waals surface area (Å²) in [7, 11) is 0. The van der Waals surface area contributed by atoms with Crippen LogP contribution in [0.3, 0.4) is 0 Å². The van der Waals surface area contributed by atoms with Crippen molar-refractivity contribution in [2.45, 2.75) is 19.3 Å². The Morgan fingerprint density at radius 2 is 0.816 bits per heavy atom. The summed E-state index contributed by atoms with van der Waals surface area (Å²) < 4.78 is 0. The first-order valence-corrected chi connectivity index (χ1v) is 17.3. The molecule has 0 bridgehead atoms. The standard InChI is InChI=1S/C49H34/c1-49(2)44-21-11-20-42(48(44)43-29-35-14-5-6-15-36(35)30-45(43)49)47-40-18-9-7-16-38(40)46(39-17-8-10-19-41(39)47)33-25-22-32(23-26-33)37-27-24-31-12-3-4-13-34(31)28-37/h3-30H,1-2H3. The summed E-state index contributed by atoms with van der Waals surface area (Å²) in [6, 6.07) is 63.2. The van der Waals surface area contributed by atoms with Crippen LogP contribution in [0.2, 0.25) is 0 Å². The summed E-state index contributed by atoms with van der Waals surface area (Å²) in [6.45, 7) is 4.77. The number of rotatable bonds is 3. The van der Waals surface area contributed by atoms with Gasteiger partial charge in [-0.25, -0.2) is 0 Å². The molecule has 0 unspecified atom stereocenters. The fourth-order valence-corrected chi connectivity index (χ4v) is 8.61. The van der Waals surface area contributed by atoms with Crippen molar-refractivity contribution < 1.29 is 0 Å². The van der Waals surface area contributed by atoms with Gasteiger partial charge in [0, 0.05) is 5.41 Å². The number of benzene rings is 9. The van der Waals surface area contributed by atoms with E-state index in [4.69, 9.17) is 0 Å². The summed E-state index contributed by atoms with van der Waals surface area (Å²) in [5.74, 6) is 0. The van der Waals surface area contributed by atoms with Crippen LogP contribution in [0.5, 0.6) is 0 Å². The number of hydrogen-bond donors (Lipinski definition) is 0. The molecule has 0 heteroatoms. The van der Waals surface area contributed by atoms with Gasteiger partial charge in [0.2, 0.25) is 0 Å². The first kappa shape index (κ1) is 28.1. The lowest BCUT2D eigenvalue weighted by Gasteiger charge is -2.23. The maximum Gasteiger partial charge on any atom is 0.0159 e. The fraction of sp³-hybridized carbons (Fsp3) is 0.0612. The smallest absolute Gasteiger partial charge is 0.0159 e. The molecule has 0 radical (unpaired) electrons. The molecule has 1 aliphatic carbocycles. The van der Waals surface area contributed by atoms with Crippen molar-refractivity contribution in [2.75, 3.05) is 0 Å². The van der Waals surface area contributed by atoms with Gasteiger partial charge in [0.25, 0.3) is 0 Å². The average Bonchev–Trinajstić information content (AvgIpc) is 3.38. The van der Waals surface area contributed by atoms with Gasteiger partial charge in [-0.2, -0.15) is 0 Å². The predicted octanol–water partition coefficient (Wildman–Crippen LogP) is 13.6. The molecule has 10 rings (SSSR count). The second kappa shape index (κ2) is 10.5. The maximum absolute atomic E-state index is 2.43. The molecule has 230 valence electrons. The molecule has 0 saturated carbocycles. The normalized spacial score (nSPS) is 13.3. The third-order valence-corrected chi connectivity index (χ3v) is 11.0. The summed E-state index contributed by atoms with van der Waals surface area (Å²) >= 11 is 0. The molecule has 0 atom stereocenters. The van der Waals surface area contributed by atoms with E-state index in [0.29, 0.717) is 0 Å². The highest BCUT2D eigenvalue weighted by Gasteiger charge is 2.37. The van der Waals surface area contributed by atoms with Crippen molar-refractivity contribution in [2.24, 2.45) is 0 Å². The van der Waals surface area contributed by atoms with E-state index < -0.39 is 0 Å². The minimum Gasteiger partial charge on any atom is -0.0616 e. The van der Waals surface area contributed by atoms with Crippen LogP contribution in [0.15, 0.2) is 170 Å². The zero-order valence-corrected chi connectivity index (χ0v) is 27.7. The van der Waals surface area contributed by atoms with Crippen LogP contribution < -0.4 is 0 Å². The van der Waals surface area contributed by atoms with Crippen LogP contribution in [-0.2, 0) is 5.41 Å². The van der Waals surface area contributed by atoms with Gasteiger partial charge in [0.05, 0.1) is 0 Å². The lowest BCUT2D eigenvalue weighted by Crippen LogP contribution is -2.14. The van der Waals surface area contributed by atoms with Gasteiger partial charge in [0.1, 0.15) is 0 Å².